The number of rotatable bonds is 7. The first-order valence-electron chi connectivity index (χ1n) is 8.71. The Labute approximate surface area is 159 Å². The minimum atomic E-state index is -0.206. The maximum Gasteiger partial charge on any atom is 0.270 e. The number of carbonyl (C=O) groups excluding carboxylic acids is 1. The van der Waals surface area contributed by atoms with Crippen LogP contribution in [0.25, 0.3) is 0 Å². The SMILES string of the molecule is COc1cc(CNC(=O)c2cccc(C)n2)ccc1OCc1ccccc1. The molecule has 0 aliphatic heterocycles. The Morgan fingerprint density at radius 3 is 2.52 bits per heavy atom. The van der Waals surface area contributed by atoms with Crippen molar-refractivity contribution >= 4 is 5.91 Å². The van der Waals surface area contributed by atoms with Gasteiger partial charge in [-0.05, 0) is 42.3 Å². The van der Waals surface area contributed by atoms with Gasteiger partial charge >= 0.3 is 0 Å². The van der Waals surface area contributed by atoms with Gasteiger partial charge in [0.25, 0.3) is 5.91 Å². The van der Waals surface area contributed by atoms with Gasteiger partial charge in [0.15, 0.2) is 11.5 Å². The van der Waals surface area contributed by atoms with E-state index in [9.17, 15) is 4.79 Å². The van der Waals surface area contributed by atoms with Crippen molar-refractivity contribution in [2.75, 3.05) is 7.11 Å². The summed E-state index contributed by atoms with van der Waals surface area (Å²) in [5.41, 5.74) is 3.22. The number of aryl methyl sites for hydroxylation is 1. The fourth-order valence-corrected chi connectivity index (χ4v) is 2.62. The van der Waals surface area contributed by atoms with E-state index in [0.717, 1.165) is 16.8 Å². The second-order valence-corrected chi connectivity index (χ2v) is 6.11. The van der Waals surface area contributed by atoms with Gasteiger partial charge in [0.2, 0.25) is 0 Å². The van der Waals surface area contributed by atoms with Crippen molar-refractivity contribution in [3.8, 4) is 11.5 Å². The highest BCUT2D eigenvalue weighted by molar-refractivity contribution is 5.92. The number of ether oxygens (including phenoxy) is 2. The predicted octanol–water partition coefficient (Wildman–Crippen LogP) is 3.91. The van der Waals surface area contributed by atoms with Crippen LogP contribution in [0.4, 0.5) is 0 Å². The molecule has 0 spiro atoms. The summed E-state index contributed by atoms with van der Waals surface area (Å²) in [5, 5.41) is 2.87. The molecule has 0 aliphatic rings. The van der Waals surface area contributed by atoms with E-state index in [4.69, 9.17) is 9.47 Å². The lowest BCUT2D eigenvalue weighted by atomic mass is 10.2. The Hall–Kier alpha value is -3.34. The summed E-state index contributed by atoms with van der Waals surface area (Å²) in [4.78, 5) is 16.5. The summed E-state index contributed by atoms with van der Waals surface area (Å²) in [7, 11) is 1.60. The third-order valence-electron chi connectivity index (χ3n) is 4.04. The van der Waals surface area contributed by atoms with Gasteiger partial charge in [0.1, 0.15) is 12.3 Å². The van der Waals surface area contributed by atoms with Crippen LogP contribution in [0.3, 0.4) is 0 Å². The standard InChI is InChI=1S/C22H22N2O3/c1-16-7-6-10-19(24-16)22(25)23-14-18-11-12-20(21(13-18)26-2)27-15-17-8-4-3-5-9-17/h3-13H,14-15H2,1-2H3,(H,23,25). The lowest BCUT2D eigenvalue weighted by Gasteiger charge is -2.13. The van der Waals surface area contributed by atoms with Gasteiger partial charge in [0.05, 0.1) is 7.11 Å². The quantitative estimate of drug-likeness (QED) is 0.692. The number of benzene rings is 2. The van der Waals surface area contributed by atoms with E-state index >= 15 is 0 Å². The zero-order valence-corrected chi connectivity index (χ0v) is 15.4. The van der Waals surface area contributed by atoms with Crippen molar-refractivity contribution < 1.29 is 14.3 Å². The first-order chi connectivity index (χ1) is 13.2. The van der Waals surface area contributed by atoms with E-state index in [1.54, 1.807) is 13.2 Å². The molecule has 3 aromatic rings. The molecular formula is C22H22N2O3. The molecule has 2 aromatic carbocycles. The van der Waals surface area contributed by atoms with Crippen molar-refractivity contribution in [1.82, 2.24) is 10.3 Å². The van der Waals surface area contributed by atoms with E-state index < -0.39 is 0 Å². The largest absolute Gasteiger partial charge is 0.493 e. The molecule has 0 saturated carbocycles. The number of methoxy groups -OCH3 is 1. The molecule has 0 radical (unpaired) electrons. The third-order valence-corrected chi connectivity index (χ3v) is 4.04. The lowest BCUT2D eigenvalue weighted by Crippen LogP contribution is -2.24. The average Bonchev–Trinajstić information content (AvgIpc) is 2.71. The summed E-state index contributed by atoms with van der Waals surface area (Å²) in [6, 6.07) is 20.9. The van der Waals surface area contributed by atoms with Crippen molar-refractivity contribution in [3.05, 3.63) is 89.2 Å². The molecule has 27 heavy (non-hydrogen) atoms. The number of pyridine rings is 1. The molecule has 0 atom stereocenters. The molecule has 138 valence electrons. The predicted molar refractivity (Wildman–Crippen MR) is 104 cm³/mol. The van der Waals surface area contributed by atoms with E-state index in [2.05, 4.69) is 10.3 Å². The summed E-state index contributed by atoms with van der Waals surface area (Å²) in [6.07, 6.45) is 0. The summed E-state index contributed by atoms with van der Waals surface area (Å²) >= 11 is 0. The second kappa shape index (κ2) is 8.85. The van der Waals surface area contributed by atoms with Crippen LogP contribution in [0.2, 0.25) is 0 Å². The molecule has 0 fully saturated rings. The average molecular weight is 362 g/mol. The molecule has 5 nitrogen and oxygen atoms in total. The second-order valence-electron chi connectivity index (χ2n) is 6.11. The van der Waals surface area contributed by atoms with Gasteiger partial charge in [-0.15, -0.1) is 0 Å². The number of aromatic nitrogens is 1. The highest BCUT2D eigenvalue weighted by Gasteiger charge is 2.09. The molecular weight excluding hydrogens is 340 g/mol. The third kappa shape index (κ3) is 5.07. The van der Waals surface area contributed by atoms with Crippen molar-refractivity contribution in [2.24, 2.45) is 0 Å². The Balaban J connectivity index is 1.62. The Bertz CT molecular complexity index is 910. The molecule has 1 N–H and O–H groups in total. The zero-order chi connectivity index (χ0) is 19.1. The van der Waals surface area contributed by atoms with Crippen LogP contribution in [0.15, 0.2) is 66.7 Å². The molecule has 1 aromatic heterocycles. The number of carbonyl (C=O) groups is 1. The van der Waals surface area contributed by atoms with E-state index in [-0.39, 0.29) is 5.91 Å². The van der Waals surface area contributed by atoms with Gasteiger partial charge in [-0.2, -0.15) is 0 Å². The highest BCUT2D eigenvalue weighted by atomic mass is 16.5. The number of amides is 1. The van der Waals surface area contributed by atoms with Gasteiger partial charge in [-0.1, -0.05) is 42.5 Å². The van der Waals surface area contributed by atoms with Crippen LogP contribution in [0.1, 0.15) is 27.3 Å². The number of nitrogens with zero attached hydrogens (tertiary/aromatic N) is 1. The zero-order valence-electron chi connectivity index (χ0n) is 15.4. The molecule has 0 saturated heterocycles. The maximum atomic E-state index is 12.2. The van der Waals surface area contributed by atoms with E-state index in [1.165, 1.54) is 0 Å². The Morgan fingerprint density at radius 2 is 1.78 bits per heavy atom. The minimum Gasteiger partial charge on any atom is -0.493 e. The van der Waals surface area contributed by atoms with Crippen molar-refractivity contribution in [3.63, 3.8) is 0 Å². The smallest absolute Gasteiger partial charge is 0.270 e. The van der Waals surface area contributed by atoms with Crippen LogP contribution in [0.5, 0.6) is 11.5 Å². The summed E-state index contributed by atoms with van der Waals surface area (Å²) < 4.78 is 11.3. The summed E-state index contributed by atoms with van der Waals surface area (Å²) in [5.74, 6) is 1.09. The van der Waals surface area contributed by atoms with E-state index in [0.29, 0.717) is 30.3 Å². The Morgan fingerprint density at radius 1 is 0.963 bits per heavy atom. The molecule has 1 amide bonds. The monoisotopic (exact) mass is 362 g/mol. The van der Waals surface area contributed by atoms with Crippen LogP contribution in [0, 0.1) is 6.92 Å². The van der Waals surface area contributed by atoms with Crippen molar-refractivity contribution in [1.29, 1.82) is 0 Å². The molecule has 0 bridgehead atoms. The van der Waals surface area contributed by atoms with Gasteiger partial charge < -0.3 is 14.8 Å². The van der Waals surface area contributed by atoms with Gasteiger partial charge in [-0.3, -0.25) is 4.79 Å². The van der Waals surface area contributed by atoms with E-state index in [1.807, 2.05) is 67.6 Å². The number of hydrogen-bond donors (Lipinski definition) is 1. The van der Waals surface area contributed by atoms with Crippen LogP contribution in [-0.4, -0.2) is 18.0 Å². The fourth-order valence-electron chi connectivity index (χ4n) is 2.62. The maximum absolute atomic E-state index is 12.2. The number of nitrogens with one attached hydrogen (secondary N) is 1. The lowest BCUT2D eigenvalue weighted by molar-refractivity contribution is 0.0945. The fraction of sp³-hybridized carbons (Fsp3) is 0.182. The topological polar surface area (TPSA) is 60.5 Å². The van der Waals surface area contributed by atoms with Gasteiger partial charge in [-0.25, -0.2) is 4.98 Å². The van der Waals surface area contributed by atoms with Gasteiger partial charge in [0, 0.05) is 12.2 Å². The number of hydrogen-bond acceptors (Lipinski definition) is 4. The van der Waals surface area contributed by atoms with Crippen molar-refractivity contribution in [2.45, 2.75) is 20.1 Å². The highest BCUT2D eigenvalue weighted by Crippen LogP contribution is 2.28. The Kier molecular flexibility index (Phi) is 6.05. The minimum absolute atomic E-state index is 0.206. The normalized spacial score (nSPS) is 10.3. The summed E-state index contributed by atoms with van der Waals surface area (Å²) in [6.45, 7) is 2.70. The molecule has 3 rings (SSSR count). The first kappa shape index (κ1) is 18.5. The van der Waals surface area contributed by atoms with Crippen LogP contribution in [-0.2, 0) is 13.2 Å². The first-order valence-corrected chi connectivity index (χ1v) is 8.71. The molecule has 5 heteroatoms. The molecule has 0 unspecified atom stereocenters. The molecule has 1 heterocycles. The van der Waals surface area contributed by atoms with Crippen LogP contribution < -0.4 is 14.8 Å². The molecule has 0 aliphatic carbocycles. The van der Waals surface area contributed by atoms with Crippen LogP contribution >= 0.6 is 0 Å².